The molecule has 2 rings (SSSR count). The molecule has 0 bridgehead atoms. The molecule has 1 aromatic carbocycles. The summed E-state index contributed by atoms with van der Waals surface area (Å²) in [6.45, 7) is 2.32. The second kappa shape index (κ2) is 6.63. The molecule has 106 valence electrons. The Labute approximate surface area is 122 Å². The van der Waals surface area contributed by atoms with E-state index in [0.717, 1.165) is 12.8 Å². The minimum Gasteiger partial charge on any atom is -0.330 e. The average molecular weight is 293 g/mol. The molecule has 1 unspecified atom stereocenters. The van der Waals surface area contributed by atoms with Crippen LogP contribution in [0.5, 0.6) is 0 Å². The number of nitrogens with two attached hydrogens (primary N) is 1. The van der Waals surface area contributed by atoms with Crippen molar-refractivity contribution in [1.82, 2.24) is 9.97 Å². The van der Waals surface area contributed by atoms with Crippen LogP contribution in [-0.2, 0) is 4.79 Å². The number of nitrogens with one attached hydrogen (secondary N) is 1. The summed E-state index contributed by atoms with van der Waals surface area (Å²) in [5, 5.41) is 2.90. The van der Waals surface area contributed by atoms with Crippen LogP contribution in [0.25, 0.3) is 11.0 Å². The van der Waals surface area contributed by atoms with E-state index in [1.165, 1.54) is 0 Å². The first-order valence-electron chi connectivity index (χ1n) is 6.59. The highest BCUT2D eigenvalue weighted by Crippen LogP contribution is 2.21. The molecular formula is C14H17ClN4O. The molecule has 1 amide bonds. The normalized spacial score (nSPS) is 12.3. The summed E-state index contributed by atoms with van der Waals surface area (Å²) < 4.78 is 0. The number of carbonyl (C=O) groups is 1. The molecule has 2 aromatic rings. The number of nitrogens with zero attached hydrogens (tertiary/aromatic N) is 2. The number of amides is 1. The van der Waals surface area contributed by atoms with Gasteiger partial charge in [0.2, 0.25) is 5.91 Å². The van der Waals surface area contributed by atoms with Gasteiger partial charge in [0.25, 0.3) is 0 Å². The van der Waals surface area contributed by atoms with E-state index in [4.69, 9.17) is 17.3 Å². The monoisotopic (exact) mass is 292 g/mol. The number of benzene rings is 1. The Kier molecular flexibility index (Phi) is 4.87. The molecule has 0 fully saturated rings. The number of aromatic nitrogens is 2. The summed E-state index contributed by atoms with van der Waals surface area (Å²) in [7, 11) is 0. The molecule has 3 N–H and O–H groups in total. The van der Waals surface area contributed by atoms with Gasteiger partial charge < -0.3 is 11.1 Å². The molecule has 0 spiro atoms. The maximum absolute atomic E-state index is 12.1. The Bertz CT molecular complexity index is 617. The first kappa shape index (κ1) is 14.7. The third-order valence-electron chi connectivity index (χ3n) is 3.06. The molecule has 0 saturated carbocycles. The molecule has 0 aliphatic heterocycles. The molecule has 5 nitrogen and oxygen atoms in total. The van der Waals surface area contributed by atoms with Crippen molar-refractivity contribution in [3.05, 3.63) is 29.4 Å². The highest BCUT2D eigenvalue weighted by Gasteiger charge is 2.18. The number of hydrogen-bond donors (Lipinski definition) is 2. The van der Waals surface area contributed by atoms with E-state index in [-0.39, 0.29) is 22.8 Å². The molecule has 1 aromatic heterocycles. The lowest BCUT2D eigenvalue weighted by Gasteiger charge is -2.14. The van der Waals surface area contributed by atoms with E-state index < -0.39 is 0 Å². The summed E-state index contributed by atoms with van der Waals surface area (Å²) in [6.07, 6.45) is 1.63. The van der Waals surface area contributed by atoms with Gasteiger partial charge in [0, 0.05) is 6.54 Å². The minimum atomic E-state index is -0.232. The molecule has 20 heavy (non-hydrogen) atoms. The Morgan fingerprint density at radius 2 is 2.00 bits per heavy atom. The highest BCUT2D eigenvalue weighted by molar-refractivity contribution is 6.32. The van der Waals surface area contributed by atoms with Crippen LogP contribution >= 0.6 is 11.6 Å². The zero-order chi connectivity index (χ0) is 14.5. The highest BCUT2D eigenvalue weighted by atomic mass is 35.5. The maximum Gasteiger partial charge on any atom is 0.229 e. The van der Waals surface area contributed by atoms with Crippen molar-refractivity contribution in [2.24, 2.45) is 11.7 Å². The van der Waals surface area contributed by atoms with Crippen LogP contribution < -0.4 is 11.1 Å². The molecule has 1 atom stereocenters. The van der Waals surface area contributed by atoms with Crippen molar-refractivity contribution in [2.45, 2.75) is 19.8 Å². The summed E-state index contributed by atoms with van der Waals surface area (Å²) in [5.74, 6) is -0.116. The maximum atomic E-state index is 12.1. The summed E-state index contributed by atoms with van der Waals surface area (Å²) in [4.78, 5) is 20.6. The largest absolute Gasteiger partial charge is 0.330 e. The second-order valence-corrected chi connectivity index (χ2v) is 4.92. The van der Waals surface area contributed by atoms with Gasteiger partial charge in [-0.1, -0.05) is 37.1 Å². The third kappa shape index (κ3) is 3.23. The molecular weight excluding hydrogens is 276 g/mol. The number of para-hydroxylation sites is 2. The van der Waals surface area contributed by atoms with Gasteiger partial charge in [-0.15, -0.1) is 0 Å². The van der Waals surface area contributed by atoms with Gasteiger partial charge >= 0.3 is 0 Å². The fourth-order valence-corrected chi connectivity index (χ4v) is 2.16. The van der Waals surface area contributed by atoms with Crippen molar-refractivity contribution in [1.29, 1.82) is 0 Å². The molecule has 0 saturated heterocycles. The number of hydrogen-bond acceptors (Lipinski definition) is 4. The van der Waals surface area contributed by atoms with Gasteiger partial charge in [0.15, 0.2) is 11.0 Å². The van der Waals surface area contributed by atoms with Gasteiger partial charge in [0.05, 0.1) is 17.0 Å². The SMILES string of the molecule is CCCC(CN)C(=O)Nc1nc2ccccc2nc1Cl. The van der Waals surface area contributed by atoms with Crippen molar-refractivity contribution >= 4 is 34.4 Å². The fourth-order valence-electron chi connectivity index (χ4n) is 1.98. The molecule has 1 heterocycles. The Hall–Kier alpha value is -1.72. The number of halogens is 1. The zero-order valence-corrected chi connectivity index (χ0v) is 12.0. The lowest BCUT2D eigenvalue weighted by molar-refractivity contribution is -0.119. The minimum absolute atomic E-state index is 0.166. The van der Waals surface area contributed by atoms with E-state index in [1.807, 2.05) is 31.2 Å². The van der Waals surface area contributed by atoms with Crippen molar-refractivity contribution in [3.8, 4) is 0 Å². The van der Waals surface area contributed by atoms with Crippen LogP contribution in [0.3, 0.4) is 0 Å². The van der Waals surface area contributed by atoms with Gasteiger partial charge in [0.1, 0.15) is 0 Å². The number of rotatable bonds is 5. The van der Waals surface area contributed by atoms with Gasteiger partial charge in [-0.2, -0.15) is 0 Å². The van der Waals surface area contributed by atoms with Crippen molar-refractivity contribution < 1.29 is 4.79 Å². The lowest BCUT2D eigenvalue weighted by atomic mass is 10.0. The van der Waals surface area contributed by atoms with Crippen LogP contribution in [0, 0.1) is 5.92 Å². The molecule has 0 aliphatic rings. The zero-order valence-electron chi connectivity index (χ0n) is 11.3. The number of fused-ring (bicyclic) bond motifs is 1. The van der Waals surface area contributed by atoms with E-state index >= 15 is 0 Å². The van der Waals surface area contributed by atoms with Crippen molar-refractivity contribution in [3.63, 3.8) is 0 Å². The van der Waals surface area contributed by atoms with E-state index in [1.54, 1.807) is 0 Å². The van der Waals surface area contributed by atoms with E-state index in [9.17, 15) is 4.79 Å². The Morgan fingerprint density at radius 3 is 2.60 bits per heavy atom. The first-order valence-corrected chi connectivity index (χ1v) is 6.96. The predicted octanol–water partition coefficient (Wildman–Crippen LogP) is 2.60. The lowest BCUT2D eigenvalue weighted by Crippen LogP contribution is -2.29. The molecule has 6 heteroatoms. The topological polar surface area (TPSA) is 80.9 Å². The van der Waals surface area contributed by atoms with Crippen LogP contribution in [0.2, 0.25) is 5.15 Å². The van der Waals surface area contributed by atoms with Gasteiger partial charge in [-0.05, 0) is 18.6 Å². The first-order chi connectivity index (χ1) is 9.65. The summed E-state index contributed by atoms with van der Waals surface area (Å²) in [5.41, 5.74) is 6.99. The van der Waals surface area contributed by atoms with Crippen LogP contribution in [-0.4, -0.2) is 22.4 Å². The van der Waals surface area contributed by atoms with Crippen LogP contribution in [0.1, 0.15) is 19.8 Å². The Morgan fingerprint density at radius 1 is 1.35 bits per heavy atom. The summed E-state index contributed by atoms with van der Waals surface area (Å²) >= 11 is 6.05. The fraction of sp³-hybridized carbons (Fsp3) is 0.357. The predicted molar refractivity (Wildman–Crippen MR) is 80.6 cm³/mol. The van der Waals surface area contributed by atoms with Gasteiger partial charge in [-0.3, -0.25) is 4.79 Å². The number of carbonyl (C=O) groups excluding carboxylic acids is 1. The second-order valence-electron chi connectivity index (χ2n) is 4.56. The van der Waals surface area contributed by atoms with E-state index in [2.05, 4.69) is 15.3 Å². The number of anilines is 1. The molecule has 0 aliphatic carbocycles. The van der Waals surface area contributed by atoms with Crippen molar-refractivity contribution in [2.75, 3.05) is 11.9 Å². The van der Waals surface area contributed by atoms with Crippen LogP contribution in [0.15, 0.2) is 24.3 Å². The van der Waals surface area contributed by atoms with Crippen LogP contribution in [0.4, 0.5) is 5.82 Å². The van der Waals surface area contributed by atoms with Gasteiger partial charge in [-0.25, -0.2) is 9.97 Å². The third-order valence-corrected chi connectivity index (χ3v) is 3.33. The quantitative estimate of drug-likeness (QED) is 0.887. The standard InChI is InChI=1S/C14H17ClN4O/c1-2-5-9(8-16)14(20)19-13-12(15)17-10-6-3-4-7-11(10)18-13/h3-4,6-7,9H,2,5,8,16H2,1H3,(H,18,19,20). The Balaban J connectivity index is 2.24. The molecule has 0 radical (unpaired) electrons. The summed E-state index contributed by atoms with van der Waals surface area (Å²) in [6, 6.07) is 7.36. The average Bonchev–Trinajstić information content (AvgIpc) is 2.45. The van der Waals surface area contributed by atoms with E-state index in [0.29, 0.717) is 17.6 Å². The smallest absolute Gasteiger partial charge is 0.229 e.